The van der Waals surface area contributed by atoms with E-state index in [0.717, 1.165) is 12.8 Å². The quantitative estimate of drug-likeness (QED) is 0.539. The van der Waals surface area contributed by atoms with E-state index < -0.39 is 0 Å². The van der Waals surface area contributed by atoms with Crippen LogP contribution >= 0.6 is 11.6 Å². The molecule has 166 valence electrons. The minimum atomic E-state index is -0.0286. The first-order chi connectivity index (χ1) is 15.6. The fourth-order valence-electron chi connectivity index (χ4n) is 4.09. The van der Waals surface area contributed by atoms with Gasteiger partial charge in [-0.25, -0.2) is 9.97 Å². The Morgan fingerprint density at radius 3 is 2.75 bits per heavy atom. The van der Waals surface area contributed by atoms with Gasteiger partial charge in [-0.2, -0.15) is 0 Å². The molecule has 0 radical (unpaired) electrons. The number of aromatic nitrogens is 3. The number of ether oxygens (including phenoxy) is 1. The second-order valence-electron chi connectivity index (χ2n) is 7.85. The number of fused-ring (bicyclic) bond motifs is 7. The number of nitrogens with zero attached hydrogens (tertiary/aromatic N) is 5. The third-order valence-electron chi connectivity index (χ3n) is 5.82. The van der Waals surface area contributed by atoms with E-state index >= 15 is 0 Å². The lowest BCUT2D eigenvalue weighted by Gasteiger charge is -2.35. The number of halogens is 1. The normalized spacial score (nSPS) is 17.3. The summed E-state index contributed by atoms with van der Waals surface area (Å²) in [5.74, 6) is 1.38. The monoisotopic (exact) mass is 454 g/mol. The molecule has 3 aliphatic rings. The summed E-state index contributed by atoms with van der Waals surface area (Å²) in [4.78, 5) is 32.8. The van der Waals surface area contributed by atoms with Gasteiger partial charge in [0, 0.05) is 44.9 Å². The highest BCUT2D eigenvalue weighted by Gasteiger charge is 2.25. The molecule has 1 fully saturated rings. The minimum Gasteiger partial charge on any atom is -0.494 e. The van der Waals surface area contributed by atoms with E-state index in [9.17, 15) is 9.90 Å². The van der Waals surface area contributed by atoms with E-state index in [1.54, 1.807) is 24.4 Å². The standard InChI is InChI=1S/C22H23ClN6O3/c23-16-5-4-14-11-17(16)32-10-2-1-3-18(30)28-6-8-29(9-7-28)21-19-15(12-24-14)22(31)27-20(19)25-13-26-21/h4-5,11-13,31H,1-3,6-10H2,(H,25,26,27). The number of hydrogen-bond acceptors (Lipinski definition) is 7. The van der Waals surface area contributed by atoms with Crippen LogP contribution in [0.25, 0.3) is 11.0 Å². The van der Waals surface area contributed by atoms with Crippen LogP contribution in [0, 0.1) is 0 Å². The van der Waals surface area contributed by atoms with Crippen molar-refractivity contribution in [2.24, 2.45) is 4.99 Å². The van der Waals surface area contributed by atoms with Gasteiger partial charge in [0.1, 0.15) is 23.5 Å². The highest BCUT2D eigenvalue weighted by Crippen LogP contribution is 2.33. The molecule has 0 unspecified atom stereocenters. The molecule has 0 atom stereocenters. The summed E-state index contributed by atoms with van der Waals surface area (Å²) in [6.45, 7) is 3.04. The summed E-state index contributed by atoms with van der Waals surface area (Å²) < 4.78 is 5.83. The Hall–Kier alpha value is -3.33. The van der Waals surface area contributed by atoms with Gasteiger partial charge < -0.3 is 24.6 Å². The third-order valence-corrected chi connectivity index (χ3v) is 6.13. The lowest BCUT2D eigenvalue weighted by atomic mass is 10.2. The third kappa shape index (κ3) is 3.95. The number of carbonyl (C=O) groups is 1. The second-order valence-corrected chi connectivity index (χ2v) is 8.26. The first-order valence-corrected chi connectivity index (χ1v) is 11.0. The van der Waals surface area contributed by atoms with Crippen molar-refractivity contribution in [2.75, 3.05) is 37.7 Å². The summed E-state index contributed by atoms with van der Waals surface area (Å²) in [5.41, 5.74) is 1.68. The number of amides is 1. The van der Waals surface area contributed by atoms with Crippen molar-refractivity contribution in [1.29, 1.82) is 0 Å². The SMILES string of the molecule is O=C1CCCCOc2cc(ccc2Cl)N=Cc2c(O)[nH]c3ncnc(c23)N2CCN1CC2. The van der Waals surface area contributed by atoms with Crippen LogP contribution in [0.2, 0.25) is 5.02 Å². The van der Waals surface area contributed by atoms with Crippen LogP contribution in [0.15, 0.2) is 29.5 Å². The number of anilines is 1. The Morgan fingerprint density at radius 2 is 1.91 bits per heavy atom. The van der Waals surface area contributed by atoms with Gasteiger partial charge >= 0.3 is 0 Å². The largest absolute Gasteiger partial charge is 0.494 e. The fraction of sp³-hybridized carbons (Fsp3) is 0.364. The van der Waals surface area contributed by atoms with Gasteiger partial charge in [0.2, 0.25) is 5.91 Å². The maximum absolute atomic E-state index is 12.6. The lowest BCUT2D eigenvalue weighted by Crippen LogP contribution is -2.49. The first-order valence-electron chi connectivity index (χ1n) is 10.6. The zero-order valence-electron chi connectivity index (χ0n) is 17.4. The van der Waals surface area contributed by atoms with Gasteiger partial charge in [0.05, 0.1) is 28.3 Å². The molecule has 2 aromatic heterocycles. The number of hydrogen-bond donors (Lipinski definition) is 2. The summed E-state index contributed by atoms with van der Waals surface area (Å²) in [6.07, 6.45) is 5.08. The van der Waals surface area contributed by atoms with Crippen molar-refractivity contribution >= 4 is 46.3 Å². The van der Waals surface area contributed by atoms with Gasteiger partial charge in [0.15, 0.2) is 5.88 Å². The molecule has 10 heteroatoms. The van der Waals surface area contributed by atoms with Crippen molar-refractivity contribution in [3.8, 4) is 11.6 Å². The van der Waals surface area contributed by atoms with Crippen LogP contribution in [0.4, 0.5) is 11.5 Å². The molecule has 1 saturated heterocycles. The summed E-state index contributed by atoms with van der Waals surface area (Å²) in [5, 5.41) is 11.7. The van der Waals surface area contributed by atoms with Gasteiger partial charge in [-0.1, -0.05) is 11.6 Å². The number of aromatic hydroxyl groups is 1. The summed E-state index contributed by atoms with van der Waals surface area (Å²) >= 11 is 6.27. The number of carbonyl (C=O) groups excluding carboxylic acids is 1. The Kier molecular flexibility index (Phi) is 5.57. The molecule has 0 spiro atoms. The van der Waals surface area contributed by atoms with Crippen LogP contribution in [0.3, 0.4) is 0 Å². The number of aromatic amines is 1. The number of rotatable bonds is 0. The molecular formula is C22H23ClN6O3. The lowest BCUT2D eigenvalue weighted by molar-refractivity contribution is -0.131. The zero-order valence-corrected chi connectivity index (χ0v) is 18.2. The molecule has 4 bridgehead atoms. The summed E-state index contributed by atoms with van der Waals surface area (Å²) in [6, 6.07) is 5.27. The molecule has 3 aliphatic heterocycles. The molecule has 32 heavy (non-hydrogen) atoms. The van der Waals surface area contributed by atoms with Crippen molar-refractivity contribution in [3.63, 3.8) is 0 Å². The Balaban J connectivity index is 1.57. The number of aliphatic imine (C=N–C) groups is 1. The van der Waals surface area contributed by atoms with E-state index in [0.29, 0.717) is 78.1 Å². The Bertz CT molecular complexity index is 1190. The van der Waals surface area contributed by atoms with E-state index in [1.807, 2.05) is 4.90 Å². The molecule has 1 aromatic carbocycles. The molecule has 0 aliphatic carbocycles. The zero-order chi connectivity index (χ0) is 22.1. The number of nitrogens with one attached hydrogen (secondary N) is 1. The van der Waals surface area contributed by atoms with Crippen LogP contribution < -0.4 is 9.64 Å². The second kappa shape index (κ2) is 8.66. The Labute approximate surface area is 189 Å². The van der Waals surface area contributed by atoms with Crippen LogP contribution in [-0.4, -0.2) is 69.9 Å². The van der Waals surface area contributed by atoms with Crippen LogP contribution in [0.1, 0.15) is 24.8 Å². The molecule has 2 N–H and O–H groups in total. The fourth-order valence-corrected chi connectivity index (χ4v) is 4.26. The molecule has 1 amide bonds. The predicted octanol–water partition coefficient (Wildman–Crippen LogP) is 3.28. The van der Waals surface area contributed by atoms with E-state index in [-0.39, 0.29) is 11.8 Å². The Morgan fingerprint density at radius 1 is 1.09 bits per heavy atom. The smallest absolute Gasteiger partial charge is 0.222 e. The van der Waals surface area contributed by atoms with Gasteiger partial charge in [0.25, 0.3) is 0 Å². The summed E-state index contributed by atoms with van der Waals surface area (Å²) in [7, 11) is 0. The van der Waals surface area contributed by atoms with E-state index in [2.05, 4.69) is 24.8 Å². The molecule has 9 nitrogen and oxygen atoms in total. The topological polar surface area (TPSA) is 107 Å². The van der Waals surface area contributed by atoms with Crippen molar-refractivity contribution in [2.45, 2.75) is 19.3 Å². The molecule has 0 saturated carbocycles. The van der Waals surface area contributed by atoms with Gasteiger partial charge in [-0.3, -0.25) is 9.79 Å². The first kappa shape index (κ1) is 20.6. The molecule has 5 heterocycles. The van der Waals surface area contributed by atoms with Crippen LogP contribution in [-0.2, 0) is 4.79 Å². The molecule has 6 rings (SSSR count). The molecule has 3 aromatic rings. The van der Waals surface area contributed by atoms with Crippen LogP contribution in [0.5, 0.6) is 11.6 Å². The van der Waals surface area contributed by atoms with E-state index in [1.165, 1.54) is 6.33 Å². The minimum absolute atomic E-state index is 0.0286. The van der Waals surface area contributed by atoms with Crippen molar-refractivity contribution < 1.29 is 14.6 Å². The number of H-pyrrole nitrogens is 1. The number of benzene rings is 1. The average Bonchev–Trinajstić information content (AvgIpc) is 3.13. The highest BCUT2D eigenvalue weighted by atomic mass is 35.5. The maximum atomic E-state index is 12.6. The van der Waals surface area contributed by atoms with Crippen molar-refractivity contribution in [1.82, 2.24) is 19.9 Å². The van der Waals surface area contributed by atoms with Gasteiger partial charge in [-0.15, -0.1) is 0 Å². The van der Waals surface area contributed by atoms with E-state index in [4.69, 9.17) is 16.3 Å². The molecular weight excluding hydrogens is 432 g/mol. The van der Waals surface area contributed by atoms with Crippen molar-refractivity contribution in [3.05, 3.63) is 35.1 Å². The average molecular weight is 455 g/mol. The van der Waals surface area contributed by atoms with Gasteiger partial charge in [-0.05, 0) is 25.0 Å². The maximum Gasteiger partial charge on any atom is 0.222 e. The highest BCUT2D eigenvalue weighted by molar-refractivity contribution is 6.32. The number of piperazine rings is 1. The predicted molar refractivity (Wildman–Crippen MR) is 122 cm³/mol.